The van der Waals surface area contributed by atoms with Crippen molar-refractivity contribution in [1.82, 2.24) is 10.3 Å². The topological polar surface area (TPSA) is 73.6 Å². The number of likely N-dealkylation sites (N-methyl/N-ethyl adjacent to an activating group) is 1. The molecule has 1 fully saturated rings. The molecule has 1 aliphatic rings. The van der Waals surface area contributed by atoms with Crippen LogP contribution in [0, 0.1) is 0 Å². The Balaban J connectivity index is 1.17. The van der Waals surface area contributed by atoms with Gasteiger partial charge in [0.05, 0.1) is 38.9 Å². The van der Waals surface area contributed by atoms with E-state index < -0.39 is 0 Å². The maximum absolute atomic E-state index is 12.4. The summed E-state index contributed by atoms with van der Waals surface area (Å²) in [7, 11) is 2.20. The van der Waals surface area contributed by atoms with Crippen molar-refractivity contribution >= 4 is 22.5 Å². The van der Waals surface area contributed by atoms with E-state index in [1.54, 1.807) is 12.3 Å². The number of nitrogens with zero attached hydrogens (tertiary/aromatic N) is 2. The molecule has 0 bridgehead atoms. The van der Waals surface area contributed by atoms with E-state index in [2.05, 4.69) is 17.3 Å². The molecule has 0 unspecified atom stereocenters. The van der Waals surface area contributed by atoms with Crippen molar-refractivity contribution in [3.05, 3.63) is 63.8 Å². The van der Waals surface area contributed by atoms with Crippen LogP contribution in [0.4, 0.5) is 0 Å². The van der Waals surface area contributed by atoms with Crippen molar-refractivity contribution in [1.29, 1.82) is 0 Å². The van der Waals surface area contributed by atoms with E-state index in [0.29, 0.717) is 24.0 Å². The SMILES string of the molecule is C[N+]1(Cc2cc(=O)c(OCCCCCOc3ccnc4cc(Cl)ccc34)co2)CCNCC1. The molecule has 0 atom stereocenters. The zero-order valence-corrected chi connectivity index (χ0v) is 19.8. The number of nitrogens with one attached hydrogen (secondary N) is 1. The fourth-order valence-corrected chi connectivity index (χ4v) is 4.23. The minimum atomic E-state index is -0.119. The largest absolute Gasteiger partial charge is 0.493 e. The maximum atomic E-state index is 12.4. The number of unbranched alkanes of at least 4 members (excludes halogenated alkanes) is 2. The number of hydrogen-bond acceptors (Lipinski definition) is 6. The molecule has 0 radical (unpaired) electrons. The van der Waals surface area contributed by atoms with E-state index in [1.165, 1.54) is 6.26 Å². The molecule has 1 saturated heterocycles. The van der Waals surface area contributed by atoms with Crippen molar-refractivity contribution < 1.29 is 18.4 Å². The predicted molar refractivity (Wildman–Crippen MR) is 129 cm³/mol. The number of ether oxygens (including phenoxy) is 2. The van der Waals surface area contributed by atoms with Crippen molar-refractivity contribution in [3.63, 3.8) is 0 Å². The van der Waals surface area contributed by atoms with Crippen LogP contribution >= 0.6 is 11.6 Å². The molecule has 4 rings (SSSR count). The minimum Gasteiger partial charge on any atom is -0.493 e. The van der Waals surface area contributed by atoms with Crippen LogP contribution in [0.15, 0.2) is 52.0 Å². The summed E-state index contributed by atoms with van der Waals surface area (Å²) in [5, 5.41) is 4.97. The van der Waals surface area contributed by atoms with Gasteiger partial charge in [0.25, 0.3) is 0 Å². The van der Waals surface area contributed by atoms with Gasteiger partial charge in [0, 0.05) is 35.8 Å². The number of piperazine rings is 1. The average Bonchev–Trinajstić information content (AvgIpc) is 2.79. The third kappa shape index (κ3) is 6.47. The van der Waals surface area contributed by atoms with Crippen LogP contribution < -0.4 is 20.2 Å². The van der Waals surface area contributed by atoms with Crippen LogP contribution in [0.1, 0.15) is 25.0 Å². The average molecular weight is 473 g/mol. The first-order valence-corrected chi connectivity index (χ1v) is 11.9. The molecule has 7 nitrogen and oxygen atoms in total. The fraction of sp³-hybridized carbons (Fsp3) is 0.440. The Labute approximate surface area is 198 Å². The lowest BCUT2D eigenvalue weighted by Crippen LogP contribution is -2.55. The Bertz CT molecular complexity index is 1130. The zero-order valence-electron chi connectivity index (χ0n) is 19.0. The molecule has 0 amide bonds. The first-order valence-electron chi connectivity index (χ1n) is 11.5. The number of pyridine rings is 1. The summed E-state index contributed by atoms with van der Waals surface area (Å²) in [5.74, 6) is 1.79. The van der Waals surface area contributed by atoms with Crippen LogP contribution in [-0.2, 0) is 6.54 Å². The van der Waals surface area contributed by atoms with E-state index >= 15 is 0 Å². The number of benzene rings is 1. The summed E-state index contributed by atoms with van der Waals surface area (Å²) in [6.45, 7) is 5.82. The van der Waals surface area contributed by atoms with E-state index in [4.69, 9.17) is 25.5 Å². The van der Waals surface area contributed by atoms with Crippen molar-refractivity contribution in [2.75, 3.05) is 46.4 Å². The highest BCUT2D eigenvalue weighted by molar-refractivity contribution is 6.31. The smallest absolute Gasteiger partial charge is 0.227 e. The lowest BCUT2D eigenvalue weighted by atomic mass is 10.2. The minimum absolute atomic E-state index is 0.119. The van der Waals surface area contributed by atoms with E-state index in [-0.39, 0.29) is 11.2 Å². The molecule has 2 aromatic heterocycles. The lowest BCUT2D eigenvalue weighted by molar-refractivity contribution is -0.925. The van der Waals surface area contributed by atoms with Gasteiger partial charge in [-0.2, -0.15) is 0 Å². The van der Waals surface area contributed by atoms with Gasteiger partial charge >= 0.3 is 0 Å². The van der Waals surface area contributed by atoms with Crippen molar-refractivity contribution in [2.45, 2.75) is 25.8 Å². The number of fused-ring (bicyclic) bond motifs is 1. The van der Waals surface area contributed by atoms with Gasteiger partial charge in [-0.25, -0.2) is 0 Å². The Morgan fingerprint density at radius 3 is 2.58 bits per heavy atom. The number of aromatic nitrogens is 1. The Kier molecular flexibility index (Phi) is 7.85. The molecule has 0 saturated carbocycles. The zero-order chi connectivity index (χ0) is 23.1. The molecule has 1 N–H and O–H groups in total. The molecule has 33 heavy (non-hydrogen) atoms. The number of halogens is 1. The number of quaternary nitrogens is 1. The van der Waals surface area contributed by atoms with Gasteiger partial charge in [-0.1, -0.05) is 11.6 Å². The first kappa shape index (κ1) is 23.5. The molecule has 8 heteroatoms. The van der Waals surface area contributed by atoms with Crippen LogP contribution in [0.25, 0.3) is 10.9 Å². The molecule has 176 valence electrons. The third-order valence-electron chi connectivity index (χ3n) is 6.02. The Morgan fingerprint density at radius 2 is 1.82 bits per heavy atom. The summed E-state index contributed by atoms with van der Waals surface area (Å²) < 4.78 is 18.2. The highest BCUT2D eigenvalue weighted by atomic mass is 35.5. The molecule has 3 heterocycles. The van der Waals surface area contributed by atoms with Gasteiger partial charge in [-0.05, 0) is 43.5 Å². The predicted octanol–water partition coefficient (Wildman–Crippen LogP) is 4.02. The van der Waals surface area contributed by atoms with Gasteiger partial charge < -0.3 is 23.7 Å². The maximum Gasteiger partial charge on any atom is 0.227 e. The molecular weight excluding hydrogens is 442 g/mol. The van der Waals surface area contributed by atoms with Gasteiger partial charge in [0.1, 0.15) is 18.6 Å². The first-order chi connectivity index (χ1) is 16.0. The fourth-order valence-electron chi connectivity index (χ4n) is 4.06. The highest BCUT2D eigenvalue weighted by Crippen LogP contribution is 2.26. The van der Waals surface area contributed by atoms with Gasteiger partial charge in [0.2, 0.25) is 11.2 Å². The number of rotatable bonds is 10. The summed E-state index contributed by atoms with van der Waals surface area (Å²) in [4.78, 5) is 16.7. The normalized spacial score (nSPS) is 15.5. The number of hydrogen-bond donors (Lipinski definition) is 1. The summed E-state index contributed by atoms with van der Waals surface area (Å²) in [6.07, 6.45) is 5.83. The molecule has 0 spiro atoms. The Morgan fingerprint density at radius 1 is 1.06 bits per heavy atom. The van der Waals surface area contributed by atoms with Gasteiger partial charge in [-0.15, -0.1) is 0 Å². The Hall–Kier alpha value is -2.61. The summed E-state index contributed by atoms with van der Waals surface area (Å²) in [6, 6.07) is 9.03. The lowest BCUT2D eigenvalue weighted by Gasteiger charge is -2.37. The monoisotopic (exact) mass is 472 g/mol. The quantitative estimate of drug-likeness (QED) is 0.355. The van der Waals surface area contributed by atoms with Crippen molar-refractivity contribution in [3.8, 4) is 11.5 Å². The second kappa shape index (κ2) is 11.0. The van der Waals surface area contributed by atoms with Crippen LogP contribution in [0.2, 0.25) is 5.02 Å². The van der Waals surface area contributed by atoms with E-state index in [1.807, 2.05) is 24.3 Å². The second-order valence-corrected chi connectivity index (χ2v) is 9.21. The molecule has 0 aliphatic carbocycles. The van der Waals surface area contributed by atoms with Crippen LogP contribution in [0.5, 0.6) is 11.5 Å². The molecule has 3 aromatic rings. The van der Waals surface area contributed by atoms with E-state index in [0.717, 1.165) is 73.1 Å². The standard InChI is InChI=1S/C25H31ClN3O4/c1-29(11-9-27-10-12-29)17-20-16-23(30)25(18-33-20)32-14-4-2-3-13-31-24-7-8-28-22-15-19(26)5-6-21(22)24/h5-8,15-16,18,27H,2-4,9-14,17H2,1H3/q+1. The van der Waals surface area contributed by atoms with Crippen LogP contribution in [-0.4, -0.2) is 55.9 Å². The molecule has 1 aliphatic heterocycles. The van der Waals surface area contributed by atoms with Crippen LogP contribution in [0.3, 0.4) is 0 Å². The summed E-state index contributed by atoms with van der Waals surface area (Å²) >= 11 is 6.03. The second-order valence-electron chi connectivity index (χ2n) is 8.78. The van der Waals surface area contributed by atoms with Gasteiger partial charge in [0.15, 0.2) is 5.76 Å². The van der Waals surface area contributed by atoms with Gasteiger partial charge in [-0.3, -0.25) is 9.78 Å². The van der Waals surface area contributed by atoms with Crippen molar-refractivity contribution in [2.24, 2.45) is 0 Å². The third-order valence-corrected chi connectivity index (χ3v) is 6.25. The highest BCUT2D eigenvalue weighted by Gasteiger charge is 2.26. The molecule has 1 aromatic carbocycles. The molecular formula is C25H31ClN3O4+. The van der Waals surface area contributed by atoms with E-state index in [9.17, 15) is 4.79 Å². The summed E-state index contributed by atoms with van der Waals surface area (Å²) in [5.41, 5.74) is 0.702.